The van der Waals surface area contributed by atoms with Crippen LogP contribution in [0.5, 0.6) is 0 Å². The zero-order valence-electron chi connectivity index (χ0n) is 14.7. The highest BCUT2D eigenvalue weighted by Gasteiger charge is 2.24. The van der Waals surface area contributed by atoms with Gasteiger partial charge < -0.3 is 15.1 Å². The van der Waals surface area contributed by atoms with Gasteiger partial charge in [-0.15, -0.1) is 0 Å². The van der Waals surface area contributed by atoms with Crippen LogP contribution in [0.4, 0.5) is 0 Å². The van der Waals surface area contributed by atoms with Gasteiger partial charge in [0.05, 0.1) is 6.04 Å². The molecule has 1 heterocycles. The molecule has 2 atom stereocenters. The highest BCUT2D eigenvalue weighted by atomic mass is 16.2. The molecule has 4 heteroatoms. The molecule has 1 aliphatic heterocycles. The summed E-state index contributed by atoms with van der Waals surface area (Å²) in [6, 6.07) is 0.303. The molecule has 1 fully saturated rings. The van der Waals surface area contributed by atoms with Crippen molar-refractivity contribution in [2.24, 2.45) is 5.92 Å². The van der Waals surface area contributed by atoms with E-state index in [9.17, 15) is 4.79 Å². The van der Waals surface area contributed by atoms with Gasteiger partial charge in [0.1, 0.15) is 0 Å². The van der Waals surface area contributed by atoms with Crippen LogP contribution in [0, 0.1) is 5.92 Å². The van der Waals surface area contributed by atoms with E-state index in [1.165, 1.54) is 12.8 Å². The molecule has 124 valence electrons. The van der Waals surface area contributed by atoms with E-state index < -0.39 is 0 Å². The minimum Gasteiger partial charge on any atom is -0.341 e. The molecule has 1 N–H and O–H groups in total. The average molecular weight is 297 g/mol. The van der Waals surface area contributed by atoms with Crippen LogP contribution in [0.1, 0.15) is 52.9 Å². The third-order valence-electron chi connectivity index (χ3n) is 4.12. The highest BCUT2D eigenvalue weighted by molar-refractivity contribution is 5.81. The molecule has 4 nitrogen and oxygen atoms in total. The second-order valence-corrected chi connectivity index (χ2v) is 7.22. The average Bonchev–Trinajstić information content (AvgIpc) is 2.64. The van der Waals surface area contributed by atoms with Crippen LogP contribution in [-0.4, -0.2) is 61.5 Å². The first kappa shape index (κ1) is 18.4. The maximum atomic E-state index is 12.6. The standard InChI is InChI=1S/C17H35N3O/c1-14(2)12-16(13-19(4)5)18-15(3)17(21)20-10-8-6-7-9-11-20/h14-16,18H,6-13H2,1-5H3. The molecule has 1 amide bonds. The van der Waals surface area contributed by atoms with Gasteiger partial charge in [0.15, 0.2) is 0 Å². The summed E-state index contributed by atoms with van der Waals surface area (Å²) in [4.78, 5) is 16.9. The van der Waals surface area contributed by atoms with Gasteiger partial charge in [0.25, 0.3) is 0 Å². The van der Waals surface area contributed by atoms with Gasteiger partial charge in [-0.25, -0.2) is 0 Å². The van der Waals surface area contributed by atoms with Crippen molar-refractivity contribution in [3.63, 3.8) is 0 Å². The summed E-state index contributed by atoms with van der Waals surface area (Å²) in [6.07, 6.45) is 5.96. The van der Waals surface area contributed by atoms with E-state index in [1.54, 1.807) is 0 Å². The summed E-state index contributed by atoms with van der Waals surface area (Å²) >= 11 is 0. The number of nitrogens with zero attached hydrogens (tertiary/aromatic N) is 2. The van der Waals surface area contributed by atoms with Gasteiger partial charge in [-0.2, -0.15) is 0 Å². The van der Waals surface area contributed by atoms with Crippen molar-refractivity contribution in [1.82, 2.24) is 15.1 Å². The van der Waals surface area contributed by atoms with Crippen LogP contribution in [-0.2, 0) is 4.79 Å². The summed E-state index contributed by atoms with van der Waals surface area (Å²) < 4.78 is 0. The molecule has 1 aliphatic rings. The largest absolute Gasteiger partial charge is 0.341 e. The second kappa shape index (κ2) is 9.42. The molecule has 0 aliphatic carbocycles. The summed E-state index contributed by atoms with van der Waals surface area (Å²) in [6.45, 7) is 9.37. The Hall–Kier alpha value is -0.610. The van der Waals surface area contributed by atoms with Crippen molar-refractivity contribution < 1.29 is 4.79 Å². The summed E-state index contributed by atoms with van der Waals surface area (Å²) in [7, 11) is 4.19. The van der Waals surface area contributed by atoms with E-state index in [-0.39, 0.29) is 11.9 Å². The Balaban J connectivity index is 2.53. The molecule has 0 aromatic heterocycles. The van der Waals surface area contributed by atoms with Gasteiger partial charge in [0, 0.05) is 25.7 Å². The lowest BCUT2D eigenvalue weighted by molar-refractivity contribution is -0.133. The van der Waals surface area contributed by atoms with E-state index in [4.69, 9.17) is 0 Å². The topological polar surface area (TPSA) is 35.6 Å². The predicted octanol–water partition coefficient (Wildman–Crippen LogP) is 2.34. The van der Waals surface area contributed by atoms with Gasteiger partial charge in [-0.05, 0) is 46.2 Å². The van der Waals surface area contributed by atoms with Crippen molar-refractivity contribution in [2.75, 3.05) is 33.7 Å². The summed E-state index contributed by atoms with van der Waals surface area (Å²) in [5, 5.41) is 3.56. The zero-order chi connectivity index (χ0) is 15.8. The number of likely N-dealkylation sites (N-methyl/N-ethyl adjacent to an activating group) is 1. The molecule has 0 bridgehead atoms. The third kappa shape index (κ3) is 7.28. The third-order valence-corrected chi connectivity index (χ3v) is 4.12. The maximum absolute atomic E-state index is 12.6. The van der Waals surface area contributed by atoms with Crippen molar-refractivity contribution in [3.05, 3.63) is 0 Å². The monoisotopic (exact) mass is 297 g/mol. The predicted molar refractivity (Wildman–Crippen MR) is 89.4 cm³/mol. The second-order valence-electron chi connectivity index (χ2n) is 7.22. The Kier molecular flexibility index (Phi) is 8.27. The SMILES string of the molecule is CC(C)CC(CN(C)C)NC(C)C(=O)N1CCCCCC1. The normalized spacial score (nSPS) is 19.7. The molecule has 0 aromatic rings. The molecule has 1 rings (SSSR count). The van der Waals surface area contributed by atoms with E-state index in [0.29, 0.717) is 12.0 Å². The fraction of sp³-hybridized carbons (Fsp3) is 0.941. The quantitative estimate of drug-likeness (QED) is 0.783. The molecule has 2 unspecified atom stereocenters. The Morgan fingerprint density at radius 2 is 1.67 bits per heavy atom. The fourth-order valence-electron chi connectivity index (χ4n) is 3.19. The molecular weight excluding hydrogens is 262 g/mol. The smallest absolute Gasteiger partial charge is 0.239 e. The lowest BCUT2D eigenvalue weighted by atomic mass is 10.0. The van der Waals surface area contributed by atoms with Crippen molar-refractivity contribution in [3.8, 4) is 0 Å². The molecule has 1 saturated heterocycles. The lowest BCUT2D eigenvalue weighted by Gasteiger charge is -2.30. The highest BCUT2D eigenvalue weighted by Crippen LogP contribution is 2.12. The van der Waals surface area contributed by atoms with Crippen LogP contribution in [0.2, 0.25) is 0 Å². The molecule has 0 spiro atoms. The van der Waals surface area contributed by atoms with Crippen molar-refractivity contribution >= 4 is 5.91 Å². The van der Waals surface area contributed by atoms with Crippen LogP contribution >= 0.6 is 0 Å². The lowest BCUT2D eigenvalue weighted by Crippen LogP contribution is -2.51. The molecule has 0 radical (unpaired) electrons. The first-order chi connectivity index (χ1) is 9.90. The van der Waals surface area contributed by atoms with Crippen LogP contribution in [0.15, 0.2) is 0 Å². The Bertz CT molecular complexity index is 286. The van der Waals surface area contributed by atoms with Gasteiger partial charge in [-0.1, -0.05) is 26.7 Å². The minimum absolute atomic E-state index is 0.0770. The van der Waals surface area contributed by atoms with Gasteiger partial charge in [-0.3, -0.25) is 4.79 Å². The number of likely N-dealkylation sites (tertiary alicyclic amines) is 1. The van der Waals surface area contributed by atoms with Crippen molar-refractivity contribution in [1.29, 1.82) is 0 Å². The van der Waals surface area contributed by atoms with Gasteiger partial charge in [0.2, 0.25) is 5.91 Å². The Labute approximate surface area is 131 Å². The number of amides is 1. The van der Waals surface area contributed by atoms with E-state index in [0.717, 1.165) is 38.9 Å². The molecular formula is C17H35N3O. The number of carbonyl (C=O) groups is 1. The van der Waals surface area contributed by atoms with Crippen LogP contribution in [0.3, 0.4) is 0 Å². The first-order valence-electron chi connectivity index (χ1n) is 8.59. The van der Waals surface area contributed by atoms with Gasteiger partial charge >= 0.3 is 0 Å². The number of nitrogens with one attached hydrogen (secondary N) is 1. The first-order valence-corrected chi connectivity index (χ1v) is 8.59. The summed E-state index contributed by atoms with van der Waals surface area (Å²) in [5.74, 6) is 0.923. The number of rotatable bonds is 7. The van der Waals surface area contributed by atoms with E-state index in [1.807, 2.05) is 6.92 Å². The minimum atomic E-state index is -0.0770. The van der Waals surface area contributed by atoms with Crippen LogP contribution in [0.25, 0.3) is 0 Å². The molecule has 0 aromatic carbocycles. The number of hydrogen-bond acceptors (Lipinski definition) is 3. The summed E-state index contributed by atoms with van der Waals surface area (Å²) in [5.41, 5.74) is 0. The fourth-order valence-corrected chi connectivity index (χ4v) is 3.19. The molecule has 0 saturated carbocycles. The molecule has 21 heavy (non-hydrogen) atoms. The Morgan fingerprint density at radius 1 is 1.10 bits per heavy atom. The van der Waals surface area contributed by atoms with E-state index in [2.05, 4.69) is 43.1 Å². The van der Waals surface area contributed by atoms with E-state index >= 15 is 0 Å². The van der Waals surface area contributed by atoms with Crippen LogP contribution < -0.4 is 5.32 Å². The van der Waals surface area contributed by atoms with Crippen molar-refractivity contribution in [2.45, 2.75) is 65.0 Å². The number of carbonyl (C=O) groups excluding carboxylic acids is 1. The number of hydrogen-bond donors (Lipinski definition) is 1. The maximum Gasteiger partial charge on any atom is 0.239 e. The zero-order valence-corrected chi connectivity index (χ0v) is 14.7. The Morgan fingerprint density at radius 3 is 2.14 bits per heavy atom.